The molecule has 0 heterocycles. The van der Waals surface area contributed by atoms with Crippen LogP contribution in [0.4, 0.5) is 0 Å². The van der Waals surface area contributed by atoms with Crippen LogP contribution in [-0.2, 0) is 11.2 Å². The first-order valence-corrected chi connectivity index (χ1v) is 7.05. The summed E-state index contributed by atoms with van der Waals surface area (Å²) in [4.78, 5) is 12.3. The molecule has 0 radical (unpaired) electrons. The molecule has 1 rings (SSSR count). The Morgan fingerprint density at radius 3 is 2.06 bits per heavy atom. The molecule has 3 heteroatoms. The molecule has 1 aromatic carbocycles. The number of carbonyl (C=O) groups excluding carboxylic acids is 1. The molecule has 0 N–H and O–H groups in total. The monoisotopic (exact) mass is 286 g/mol. The van der Waals surface area contributed by atoms with E-state index in [1.807, 2.05) is 6.07 Å². The van der Waals surface area contributed by atoms with E-state index < -0.39 is 0 Å². The zero-order valence-electron chi connectivity index (χ0n) is 11.3. The Hall–Kier alpha value is -0.530. The molecule has 1 nitrogen and oxygen atoms in total. The van der Waals surface area contributed by atoms with Crippen LogP contribution in [0.3, 0.4) is 0 Å². The van der Waals surface area contributed by atoms with E-state index >= 15 is 0 Å². The summed E-state index contributed by atoms with van der Waals surface area (Å²) >= 11 is 11.8. The van der Waals surface area contributed by atoms with Gasteiger partial charge in [-0.25, -0.2) is 0 Å². The Morgan fingerprint density at radius 2 is 1.61 bits per heavy atom. The summed E-state index contributed by atoms with van der Waals surface area (Å²) in [6.45, 7) is 8.38. The first-order valence-electron chi connectivity index (χ1n) is 6.29. The first-order chi connectivity index (χ1) is 8.32. The molecule has 1 aromatic rings. The fraction of sp³-hybridized carbons (Fsp3) is 0.533. The highest BCUT2D eigenvalue weighted by Gasteiger charge is 2.25. The van der Waals surface area contributed by atoms with Crippen LogP contribution in [0.2, 0.25) is 10.0 Å². The third kappa shape index (κ3) is 4.00. The van der Waals surface area contributed by atoms with Crippen molar-refractivity contribution in [3.8, 4) is 0 Å². The zero-order chi connectivity index (χ0) is 13.9. The largest absolute Gasteiger partial charge is 0.299 e. The number of ketones is 1. The molecule has 0 aliphatic heterocycles. The lowest BCUT2D eigenvalue weighted by Crippen LogP contribution is -2.27. The molecule has 0 amide bonds. The lowest BCUT2D eigenvalue weighted by Gasteiger charge is -2.23. The molecule has 0 aliphatic carbocycles. The van der Waals surface area contributed by atoms with Crippen molar-refractivity contribution in [2.75, 3.05) is 0 Å². The van der Waals surface area contributed by atoms with Crippen molar-refractivity contribution in [3.63, 3.8) is 0 Å². The van der Waals surface area contributed by atoms with Gasteiger partial charge in [0.15, 0.2) is 0 Å². The van der Waals surface area contributed by atoms with Gasteiger partial charge in [-0.05, 0) is 29.5 Å². The topological polar surface area (TPSA) is 17.1 Å². The van der Waals surface area contributed by atoms with E-state index in [0.717, 1.165) is 5.56 Å². The van der Waals surface area contributed by atoms with Crippen molar-refractivity contribution in [1.29, 1.82) is 0 Å². The normalized spacial score (nSPS) is 11.6. The molecule has 100 valence electrons. The third-order valence-electron chi connectivity index (χ3n) is 3.17. The van der Waals surface area contributed by atoms with Crippen LogP contribution in [-0.4, -0.2) is 5.78 Å². The van der Waals surface area contributed by atoms with E-state index in [1.54, 1.807) is 12.1 Å². The van der Waals surface area contributed by atoms with Crippen LogP contribution in [0, 0.1) is 17.8 Å². The molecular formula is C15H20Cl2O. The van der Waals surface area contributed by atoms with Crippen molar-refractivity contribution in [2.45, 2.75) is 34.1 Å². The Balaban J connectivity index is 2.82. The van der Waals surface area contributed by atoms with Gasteiger partial charge >= 0.3 is 0 Å². The summed E-state index contributed by atoms with van der Waals surface area (Å²) in [7, 11) is 0. The maximum absolute atomic E-state index is 12.3. The maximum Gasteiger partial charge on any atom is 0.140 e. The fourth-order valence-electron chi connectivity index (χ4n) is 2.48. The summed E-state index contributed by atoms with van der Waals surface area (Å²) in [6.07, 6.45) is 0.428. The van der Waals surface area contributed by atoms with Gasteiger partial charge in [0.1, 0.15) is 5.78 Å². The lowest BCUT2D eigenvalue weighted by molar-refractivity contribution is -0.124. The number of hydrogen-bond donors (Lipinski definition) is 0. The molecule has 0 unspecified atom stereocenters. The van der Waals surface area contributed by atoms with E-state index in [-0.39, 0.29) is 11.7 Å². The van der Waals surface area contributed by atoms with Gasteiger partial charge in [-0.1, -0.05) is 57.0 Å². The molecule has 18 heavy (non-hydrogen) atoms. The van der Waals surface area contributed by atoms with Crippen molar-refractivity contribution in [2.24, 2.45) is 17.8 Å². The quantitative estimate of drug-likeness (QED) is 0.742. The predicted octanol–water partition coefficient (Wildman–Crippen LogP) is 5.03. The molecule has 0 spiro atoms. The van der Waals surface area contributed by atoms with Crippen LogP contribution >= 0.6 is 23.2 Å². The zero-order valence-corrected chi connectivity index (χ0v) is 12.8. The van der Waals surface area contributed by atoms with Crippen molar-refractivity contribution >= 4 is 29.0 Å². The van der Waals surface area contributed by atoms with E-state index in [2.05, 4.69) is 27.7 Å². The number of rotatable bonds is 5. The molecule has 0 atom stereocenters. The van der Waals surface area contributed by atoms with Crippen molar-refractivity contribution < 1.29 is 4.79 Å². The van der Waals surface area contributed by atoms with E-state index in [0.29, 0.717) is 28.3 Å². The van der Waals surface area contributed by atoms with Gasteiger partial charge in [0, 0.05) is 12.3 Å². The maximum atomic E-state index is 12.3. The number of carbonyl (C=O) groups is 1. The van der Waals surface area contributed by atoms with Gasteiger partial charge < -0.3 is 0 Å². The Labute approximate surface area is 119 Å². The first kappa shape index (κ1) is 15.5. The minimum absolute atomic E-state index is 0.0967. The lowest BCUT2D eigenvalue weighted by atomic mass is 9.80. The molecule has 0 aliphatic rings. The number of benzene rings is 1. The molecule has 0 bridgehead atoms. The van der Waals surface area contributed by atoms with E-state index in [1.165, 1.54) is 0 Å². The smallest absolute Gasteiger partial charge is 0.140 e. The summed E-state index contributed by atoms with van der Waals surface area (Å²) in [5.41, 5.74) is 0.931. The number of Topliss-reactive ketones (excluding diaryl/α,β-unsaturated/α-hetero) is 1. The van der Waals surface area contributed by atoms with Gasteiger partial charge in [-0.15, -0.1) is 0 Å². The van der Waals surface area contributed by atoms with Crippen LogP contribution in [0.25, 0.3) is 0 Å². The van der Waals surface area contributed by atoms with Crippen molar-refractivity contribution in [3.05, 3.63) is 33.8 Å². The van der Waals surface area contributed by atoms with Crippen LogP contribution < -0.4 is 0 Å². The van der Waals surface area contributed by atoms with E-state index in [4.69, 9.17) is 23.2 Å². The summed E-state index contributed by atoms with van der Waals surface area (Å²) < 4.78 is 0. The average molecular weight is 287 g/mol. The second-order valence-corrected chi connectivity index (χ2v) is 6.22. The molecule has 0 aromatic heterocycles. The Morgan fingerprint density at radius 1 is 1.06 bits per heavy atom. The summed E-state index contributed by atoms with van der Waals surface area (Å²) in [5, 5.41) is 1.03. The highest BCUT2D eigenvalue weighted by molar-refractivity contribution is 6.42. The van der Waals surface area contributed by atoms with Gasteiger partial charge in [0.2, 0.25) is 0 Å². The minimum Gasteiger partial charge on any atom is -0.299 e. The molecule has 0 saturated carbocycles. The van der Waals surface area contributed by atoms with Gasteiger partial charge in [-0.3, -0.25) is 4.79 Å². The standard InChI is InChI=1S/C15H20Cl2O/c1-9(2)15(10(3)4)14(18)8-11-5-6-12(16)13(17)7-11/h5-7,9-10,15H,8H2,1-4H3. The van der Waals surface area contributed by atoms with Gasteiger partial charge in [0.05, 0.1) is 10.0 Å². The average Bonchev–Trinajstić information content (AvgIpc) is 2.22. The molecule has 0 saturated heterocycles. The highest BCUT2D eigenvalue weighted by Crippen LogP contribution is 2.26. The Bertz CT molecular complexity index is 417. The number of halogens is 2. The van der Waals surface area contributed by atoms with Gasteiger partial charge in [0.25, 0.3) is 0 Å². The molecular weight excluding hydrogens is 267 g/mol. The van der Waals surface area contributed by atoms with Crippen molar-refractivity contribution in [1.82, 2.24) is 0 Å². The Kier molecular flexibility index (Phi) is 5.68. The third-order valence-corrected chi connectivity index (χ3v) is 3.91. The van der Waals surface area contributed by atoms with Crippen LogP contribution in [0.5, 0.6) is 0 Å². The minimum atomic E-state index is 0.0967. The predicted molar refractivity (Wildman–Crippen MR) is 78.3 cm³/mol. The highest BCUT2D eigenvalue weighted by atomic mass is 35.5. The van der Waals surface area contributed by atoms with Crippen LogP contribution in [0.15, 0.2) is 18.2 Å². The van der Waals surface area contributed by atoms with Crippen LogP contribution in [0.1, 0.15) is 33.3 Å². The molecule has 0 fully saturated rings. The SMILES string of the molecule is CC(C)C(C(=O)Cc1ccc(Cl)c(Cl)c1)C(C)C. The summed E-state index contributed by atoms with van der Waals surface area (Å²) in [5.74, 6) is 1.10. The van der Waals surface area contributed by atoms with Gasteiger partial charge in [-0.2, -0.15) is 0 Å². The number of hydrogen-bond acceptors (Lipinski definition) is 1. The summed E-state index contributed by atoms with van der Waals surface area (Å²) in [6, 6.07) is 5.38. The van der Waals surface area contributed by atoms with E-state index in [9.17, 15) is 4.79 Å². The second kappa shape index (κ2) is 6.58. The fourth-order valence-corrected chi connectivity index (χ4v) is 2.80. The second-order valence-electron chi connectivity index (χ2n) is 5.41.